The molecule has 0 saturated heterocycles. The maximum absolute atomic E-state index is 12.2. The highest BCUT2D eigenvalue weighted by Crippen LogP contribution is 2.12. The monoisotopic (exact) mass is 464 g/mol. The van der Waals surface area contributed by atoms with Gasteiger partial charge in [-0.2, -0.15) is 0 Å². The molecule has 0 fully saturated rings. The van der Waals surface area contributed by atoms with E-state index in [0.717, 1.165) is 27.7 Å². The minimum absolute atomic E-state index is 0.0229. The fraction of sp³-hybridized carbons (Fsp3) is 0.192. The van der Waals surface area contributed by atoms with E-state index in [9.17, 15) is 13.2 Å². The van der Waals surface area contributed by atoms with E-state index in [-0.39, 0.29) is 18.9 Å². The zero-order chi connectivity index (χ0) is 23.4. The number of ether oxygens (including phenoxy) is 1. The molecule has 2 N–H and O–H groups in total. The number of rotatable bonds is 12. The molecule has 0 aromatic heterocycles. The molecule has 3 rings (SSSR count). The minimum atomic E-state index is -3.61. The van der Waals surface area contributed by atoms with Gasteiger partial charge >= 0.3 is 0 Å². The van der Waals surface area contributed by atoms with Crippen molar-refractivity contribution < 1.29 is 17.9 Å². The third-order valence-electron chi connectivity index (χ3n) is 4.86. The third kappa shape index (κ3) is 9.02. The summed E-state index contributed by atoms with van der Waals surface area (Å²) in [6, 6.07) is 26.8. The Labute approximate surface area is 195 Å². The van der Waals surface area contributed by atoms with E-state index >= 15 is 0 Å². The molecule has 0 spiro atoms. The number of carbonyl (C=O) groups is 1. The summed E-state index contributed by atoms with van der Waals surface area (Å²) < 4.78 is 32.4. The van der Waals surface area contributed by atoms with Gasteiger partial charge in [0.05, 0.1) is 13.2 Å². The number of carbonyl (C=O) groups excluding carboxylic acids is 1. The van der Waals surface area contributed by atoms with Crippen LogP contribution in [0.5, 0.6) is 0 Å². The molecular weight excluding hydrogens is 436 g/mol. The number of sulfonamides is 1. The first-order valence-electron chi connectivity index (χ1n) is 10.7. The molecule has 0 saturated carbocycles. The maximum Gasteiger partial charge on any atom is 0.233 e. The largest absolute Gasteiger partial charge is 0.372 e. The summed E-state index contributed by atoms with van der Waals surface area (Å²) in [5.41, 5.74) is 3.85. The zero-order valence-electron chi connectivity index (χ0n) is 18.3. The molecule has 3 aromatic rings. The predicted octanol–water partition coefficient (Wildman–Crippen LogP) is 4.00. The average Bonchev–Trinajstić information content (AvgIpc) is 2.83. The van der Waals surface area contributed by atoms with E-state index in [2.05, 4.69) is 10.0 Å². The van der Waals surface area contributed by atoms with Gasteiger partial charge in [-0.05, 0) is 28.3 Å². The second kappa shape index (κ2) is 12.7. The molecule has 0 unspecified atom stereocenters. The lowest BCUT2D eigenvalue weighted by molar-refractivity contribution is -0.121. The van der Waals surface area contributed by atoms with Crippen molar-refractivity contribution in [2.75, 3.05) is 6.54 Å². The second-order valence-corrected chi connectivity index (χ2v) is 9.08. The second-order valence-electron chi connectivity index (χ2n) is 7.43. The van der Waals surface area contributed by atoms with Gasteiger partial charge in [-0.25, -0.2) is 13.1 Å². The SMILES string of the molecule is O=C(CCNS(=O)(=O)/C=C/c1ccccc1)NCc1ccccc1COCc1ccccc1. The van der Waals surface area contributed by atoms with Gasteiger partial charge in [0, 0.05) is 24.9 Å². The quantitative estimate of drug-likeness (QED) is 0.424. The van der Waals surface area contributed by atoms with Gasteiger partial charge in [0.15, 0.2) is 0 Å². The molecule has 0 radical (unpaired) electrons. The van der Waals surface area contributed by atoms with E-state index in [1.165, 1.54) is 6.08 Å². The molecular formula is C26H28N2O4S. The minimum Gasteiger partial charge on any atom is -0.372 e. The Kier molecular flexibility index (Phi) is 9.38. The molecule has 0 aliphatic heterocycles. The molecule has 0 atom stereocenters. The van der Waals surface area contributed by atoms with Crippen LogP contribution in [0.3, 0.4) is 0 Å². The van der Waals surface area contributed by atoms with Gasteiger partial charge in [0.1, 0.15) is 0 Å². The standard InChI is InChI=1S/C26H28N2O4S/c29-26(15-17-28-33(30,31)18-16-22-9-3-1-4-10-22)27-19-24-13-7-8-14-25(24)21-32-20-23-11-5-2-6-12-23/h1-14,16,18,28H,15,17,19-21H2,(H,27,29)/b18-16+. The van der Waals surface area contributed by atoms with Crippen molar-refractivity contribution in [3.8, 4) is 0 Å². The van der Waals surface area contributed by atoms with Crippen molar-refractivity contribution in [2.45, 2.75) is 26.2 Å². The summed E-state index contributed by atoms with van der Waals surface area (Å²) in [6.45, 7) is 1.33. The van der Waals surface area contributed by atoms with Gasteiger partial charge in [-0.3, -0.25) is 4.79 Å². The number of benzene rings is 3. The van der Waals surface area contributed by atoms with Crippen LogP contribution >= 0.6 is 0 Å². The summed E-state index contributed by atoms with van der Waals surface area (Å²) in [5.74, 6) is -0.232. The molecule has 172 valence electrons. The predicted molar refractivity (Wildman–Crippen MR) is 130 cm³/mol. The van der Waals surface area contributed by atoms with E-state index < -0.39 is 10.0 Å². The highest BCUT2D eigenvalue weighted by Gasteiger charge is 2.08. The van der Waals surface area contributed by atoms with Gasteiger partial charge in [-0.1, -0.05) is 84.9 Å². The summed E-state index contributed by atoms with van der Waals surface area (Å²) in [6.07, 6.45) is 1.56. The lowest BCUT2D eigenvalue weighted by atomic mass is 10.1. The summed E-state index contributed by atoms with van der Waals surface area (Å²) in [4.78, 5) is 12.2. The van der Waals surface area contributed by atoms with Crippen molar-refractivity contribution >= 4 is 22.0 Å². The van der Waals surface area contributed by atoms with Crippen LogP contribution in [0.15, 0.2) is 90.3 Å². The van der Waals surface area contributed by atoms with Crippen molar-refractivity contribution in [1.29, 1.82) is 0 Å². The summed E-state index contributed by atoms with van der Waals surface area (Å²) in [5, 5.41) is 3.95. The molecule has 6 nitrogen and oxygen atoms in total. The summed E-state index contributed by atoms with van der Waals surface area (Å²) in [7, 11) is -3.61. The first-order valence-corrected chi connectivity index (χ1v) is 12.2. The molecule has 0 aliphatic rings. The van der Waals surface area contributed by atoms with E-state index in [0.29, 0.717) is 19.8 Å². The summed E-state index contributed by atoms with van der Waals surface area (Å²) >= 11 is 0. The fourth-order valence-electron chi connectivity index (χ4n) is 3.09. The van der Waals surface area contributed by atoms with E-state index in [1.807, 2.05) is 84.9 Å². The highest BCUT2D eigenvalue weighted by atomic mass is 32.2. The van der Waals surface area contributed by atoms with Gasteiger partial charge in [-0.15, -0.1) is 0 Å². The third-order valence-corrected chi connectivity index (χ3v) is 5.96. The average molecular weight is 465 g/mol. The number of hydrogen-bond acceptors (Lipinski definition) is 4. The molecule has 0 bridgehead atoms. The van der Waals surface area contributed by atoms with Crippen molar-refractivity contribution in [3.05, 3.63) is 113 Å². The molecule has 33 heavy (non-hydrogen) atoms. The molecule has 7 heteroatoms. The van der Waals surface area contributed by atoms with Crippen molar-refractivity contribution in [3.63, 3.8) is 0 Å². The van der Waals surface area contributed by atoms with Crippen LogP contribution in [-0.2, 0) is 39.3 Å². The van der Waals surface area contributed by atoms with Crippen LogP contribution < -0.4 is 10.0 Å². The van der Waals surface area contributed by atoms with Gasteiger partial charge < -0.3 is 10.1 Å². The van der Waals surface area contributed by atoms with Crippen LogP contribution in [-0.4, -0.2) is 20.9 Å². The maximum atomic E-state index is 12.2. The van der Waals surface area contributed by atoms with E-state index in [1.54, 1.807) is 0 Å². The lowest BCUT2D eigenvalue weighted by Crippen LogP contribution is -2.29. The number of amides is 1. The Morgan fingerprint density at radius 2 is 1.45 bits per heavy atom. The Morgan fingerprint density at radius 3 is 2.18 bits per heavy atom. The van der Waals surface area contributed by atoms with Crippen LogP contribution in [0, 0.1) is 0 Å². The smallest absolute Gasteiger partial charge is 0.233 e. The lowest BCUT2D eigenvalue weighted by Gasteiger charge is -2.11. The van der Waals surface area contributed by atoms with Crippen LogP contribution in [0.4, 0.5) is 0 Å². The Balaban J connectivity index is 1.41. The van der Waals surface area contributed by atoms with Crippen molar-refractivity contribution in [2.24, 2.45) is 0 Å². The van der Waals surface area contributed by atoms with Crippen LogP contribution in [0.2, 0.25) is 0 Å². The molecule has 3 aromatic carbocycles. The first kappa shape index (κ1) is 24.4. The number of nitrogens with one attached hydrogen (secondary N) is 2. The normalized spacial score (nSPS) is 11.5. The molecule has 0 aliphatic carbocycles. The van der Waals surface area contributed by atoms with Crippen molar-refractivity contribution in [1.82, 2.24) is 10.0 Å². The molecule has 0 heterocycles. The highest BCUT2D eigenvalue weighted by molar-refractivity contribution is 7.92. The van der Waals surface area contributed by atoms with E-state index in [4.69, 9.17) is 4.74 Å². The zero-order valence-corrected chi connectivity index (χ0v) is 19.1. The van der Waals surface area contributed by atoms with Gasteiger partial charge in [0.2, 0.25) is 15.9 Å². The van der Waals surface area contributed by atoms with Crippen LogP contribution in [0.25, 0.3) is 6.08 Å². The first-order chi connectivity index (χ1) is 16.0. The Morgan fingerprint density at radius 1 is 0.818 bits per heavy atom. The number of hydrogen-bond donors (Lipinski definition) is 2. The molecule has 1 amide bonds. The topological polar surface area (TPSA) is 84.5 Å². The fourth-order valence-corrected chi connectivity index (χ4v) is 3.91. The van der Waals surface area contributed by atoms with Crippen LogP contribution in [0.1, 0.15) is 28.7 Å². The Hall–Kier alpha value is -3.26. The Bertz CT molecular complexity index is 1150. The van der Waals surface area contributed by atoms with Gasteiger partial charge in [0.25, 0.3) is 0 Å².